The highest BCUT2D eigenvalue weighted by Gasteiger charge is 2.35. The first-order valence-corrected chi connectivity index (χ1v) is 8.27. The number of Topliss-reactive ketones (excluding diaryl/α,β-unsaturated/α-hetero) is 2. The van der Waals surface area contributed by atoms with Crippen LogP contribution in [0.5, 0.6) is 0 Å². The Labute approximate surface area is 147 Å². The van der Waals surface area contributed by atoms with Gasteiger partial charge >= 0.3 is 0 Å². The van der Waals surface area contributed by atoms with Gasteiger partial charge in [0.1, 0.15) is 0 Å². The molecule has 2 aromatic rings. The Bertz CT molecular complexity index is 822. The highest BCUT2D eigenvalue weighted by molar-refractivity contribution is 9.10. The van der Waals surface area contributed by atoms with E-state index in [1.54, 1.807) is 0 Å². The molecule has 1 aromatic carbocycles. The van der Waals surface area contributed by atoms with Crippen LogP contribution in [0.1, 0.15) is 27.5 Å². The molecule has 0 saturated carbocycles. The van der Waals surface area contributed by atoms with Gasteiger partial charge < -0.3 is 9.32 Å². The van der Waals surface area contributed by atoms with E-state index in [9.17, 15) is 9.59 Å². The number of aliphatic imine (C=N–C) groups is 1. The minimum Gasteiger partial charge on any atom is -0.432 e. The lowest BCUT2D eigenvalue weighted by molar-refractivity contribution is 0.0940. The summed E-state index contributed by atoms with van der Waals surface area (Å²) in [4.78, 5) is 35.2. The van der Waals surface area contributed by atoms with Gasteiger partial charge in [-0.3, -0.25) is 14.6 Å². The number of rotatable bonds is 4. The van der Waals surface area contributed by atoms with Crippen LogP contribution < -0.4 is 0 Å². The molecule has 124 valence electrons. The molecule has 0 bridgehead atoms. The van der Waals surface area contributed by atoms with Crippen LogP contribution in [-0.4, -0.2) is 54.3 Å². The van der Waals surface area contributed by atoms with Crippen LogP contribution >= 0.6 is 15.9 Å². The molecule has 1 aliphatic carbocycles. The molecule has 0 fully saturated rings. The van der Waals surface area contributed by atoms with Gasteiger partial charge in [0.05, 0.1) is 18.7 Å². The summed E-state index contributed by atoms with van der Waals surface area (Å²) in [6, 6.07) is 7.30. The number of ketones is 2. The zero-order valence-corrected chi connectivity index (χ0v) is 15.0. The lowest BCUT2D eigenvalue weighted by atomic mass is 9.97. The Morgan fingerprint density at radius 2 is 1.96 bits per heavy atom. The quantitative estimate of drug-likeness (QED) is 0.803. The van der Waals surface area contributed by atoms with Crippen molar-refractivity contribution in [1.29, 1.82) is 0 Å². The van der Waals surface area contributed by atoms with Gasteiger partial charge in [0, 0.05) is 16.6 Å². The van der Waals surface area contributed by atoms with Crippen molar-refractivity contribution < 1.29 is 14.0 Å². The fraction of sp³-hybridized carbons (Fsp3) is 0.294. The first-order chi connectivity index (χ1) is 11.5. The number of benzene rings is 1. The Morgan fingerprint density at radius 3 is 2.62 bits per heavy atom. The Balaban J connectivity index is 1.91. The standard InChI is InChI=1S/C17H16BrN3O3/c1-21(2)8-7-19-12-9-13(22)16-14(15(12)23)20-17(24-16)10-3-5-11(18)6-4-10/h3-6H,7-9H2,1-2H3. The van der Waals surface area contributed by atoms with Crippen molar-refractivity contribution in [1.82, 2.24) is 9.88 Å². The number of likely N-dealkylation sites (N-methyl/N-ethyl adjacent to an activating group) is 1. The zero-order chi connectivity index (χ0) is 17.3. The molecule has 7 heteroatoms. The molecule has 0 radical (unpaired) electrons. The molecule has 1 heterocycles. The summed E-state index contributed by atoms with van der Waals surface area (Å²) in [6.45, 7) is 1.18. The van der Waals surface area contributed by atoms with Crippen molar-refractivity contribution in [2.24, 2.45) is 4.99 Å². The van der Waals surface area contributed by atoms with Crippen molar-refractivity contribution in [2.45, 2.75) is 6.42 Å². The van der Waals surface area contributed by atoms with Crippen LogP contribution in [0.4, 0.5) is 0 Å². The van der Waals surface area contributed by atoms with Crippen molar-refractivity contribution in [3.05, 3.63) is 40.2 Å². The SMILES string of the molecule is CN(C)CCN=C1CC(=O)c2oc(-c3ccc(Br)cc3)nc2C1=O. The highest BCUT2D eigenvalue weighted by Crippen LogP contribution is 2.27. The van der Waals surface area contributed by atoms with Crippen molar-refractivity contribution in [3.8, 4) is 11.5 Å². The molecule has 0 atom stereocenters. The second kappa shape index (κ2) is 6.78. The van der Waals surface area contributed by atoms with Crippen molar-refractivity contribution in [3.63, 3.8) is 0 Å². The van der Waals surface area contributed by atoms with Crippen LogP contribution in [0.25, 0.3) is 11.5 Å². The van der Waals surface area contributed by atoms with Gasteiger partial charge in [0.2, 0.25) is 23.2 Å². The van der Waals surface area contributed by atoms with E-state index < -0.39 is 0 Å². The molecule has 0 aliphatic heterocycles. The molecule has 0 N–H and O–H groups in total. The molecule has 0 spiro atoms. The number of hydrogen-bond donors (Lipinski definition) is 0. The van der Waals surface area contributed by atoms with Gasteiger partial charge in [-0.25, -0.2) is 4.98 Å². The predicted octanol–water partition coefficient (Wildman–Crippen LogP) is 2.88. The minimum absolute atomic E-state index is 0.0319. The third-order valence-corrected chi connectivity index (χ3v) is 4.16. The van der Waals surface area contributed by atoms with Crippen LogP contribution in [0.15, 0.2) is 38.1 Å². The van der Waals surface area contributed by atoms with Gasteiger partial charge in [-0.15, -0.1) is 0 Å². The van der Waals surface area contributed by atoms with E-state index in [4.69, 9.17) is 4.42 Å². The monoisotopic (exact) mass is 389 g/mol. The number of halogens is 1. The fourth-order valence-electron chi connectivity index (χ4n) is 2.34. The third-order valence-electron chi connectivity index (χ3n) is 3.63. The Kier molecular flexibility index (Phi) is 4.73. The summed E-state index contributed by atoms with van der Waals surface area (Å²) < 4.78 is 6.47. The number of hydrogen-bond acceptors (Lipinski definition) is 6. The van der Waals surface area contributed by atoms with E-state index in [1.165, 1.54) is 0 Å². The van der Waals surface area contributed by atoms with Gasteiger partial charge in [0.25, 0.3) is 0 Å². The smallest absolute Gasteiger partial charge is 0.229 e. The fourth-order valence-corrected chi connectivity index (χ4v) is 2.61. The molecule has 0 saturated heterocycles. The van der Waals surface area contributed by atoms with E-state index in [0.717, 1.165) is 4.47 Å². The Hall–Kier alpha value is -2.12. The van der Waals surface area contributed by atoms with Crippen molar-refractivity contribution >= 4 is 33.2 Å². The summed E-state index contributed by atoms with van der Waals surface area (Å²) in [5, 5.41) is 0. The molecule has 3 rings (SSSR count). The van der Waals surface area contributed by atoms with Gasteiger partial charge in [-0.1, -0.05) is 15.9 Å². The number of nitrogens with zero attached hydrogens (tertiary/aromatic N) is 3. The lowest BCUT2D eigenvalue weighted by Crippen LogP contribution is -2.27. The zero-order valence-electron chi connectivity index (χ0n) is 13.4. The maximum Gasteiger partial charge on any atom is 0.229 e. The van der Waals surface area contributed by atoms with E-state index >= 15 is 0 Å². The second-order valence-corrected chi connectivity index (χ2v) is 6.68. The molecule has 24 heavy (non-hydrogen) atoms. The van der Waals surface area contributed by atoms with Crippen LogP contribution in [0.2, 0.25) is 0 Å². The second-order valence-electron chi connectivity index (χ2n) is 5.76. The molecule has 0 unspecified atom stereocenters. The number of carbonyl (C=O) groups is 2. The molecule has 1 aromatic heterocycles. The van der Waals surface area contributed by atoms with Crippen LogP contribution in [-0.2, 0) is 0 Å². The topological polar surface area (TPSA) is 75.8 Å². The summed E-state index contributed by atoms with van der Waals surface area (Å²) >= 11 is 3.36. The third kappa shape index (κ3) is 3.37. The molecule has 6 nitrogen and oxygen atoms in total. The van der Waals surface area contributed by atoms with E-state index in [-0.39, 0.29) is 41.0 Å². The maximum atomic E-state index is 12.5. The Morgan fingerprint density at radius 1 is 1.25 bits per heavy atom. The first-order valence-electron chi connectivity index (χ1n) is 7.48. The first kappa shape index (κ1) is 16.7. The van der Waals surface area contributed by atoms with Gasteiger partial charge in [0.15, 0.2) is 5.69 Å². The number of oxazole rings is 1. The highest BCUT2D eigenvalue weighted by atomic mass is 79.9. The largest absolute Gasteiger partial charge is 0.432 e. The van der Waals surface area contributed by atoms with Crippen LogP contribution in [0, 0.1) is 0 Å². The van der Waals surface area contributed by atoms with Gasteiger partial charge in [-0.2, -0.15) is 0 Å². The van der Waals surface area contributed by atoms with Crippen LogP contribution in [0.3, 0.4) is 0 Å². The molecule has 1 aliphatic rings. The van der Waals surface area contributed by atoms with E-state index in [2.05, 4.69) is 25.9 Å². The summed E-state index contributed by atoms with van der Waals surface area (Å²) in [7, 11) is 3.85. The number of aromatic nitrogens is 1. The summed E-state index contributed by atoms with van der Waals surface area (Å²) in [6.07, 6.45) is -0.0335. The minimum atomic E-state index is -0.324. The number of fused-ring (bicyclic) bond motifs is 1. The van der Waals surface area contributed by atoms with Gasteiger partial charge in [-0.05, 0) is 38.4 Å². The molecular weight excluding hydrogens is 374 g/mol. The van der Waals surface area contributed by atoms with Crippen molar-refractivity contribution in [2.75, 3.05) is 27.2 Å². The maximum absolute atomic E-state index is 12.5. The van der Waals surface area contributed by atoms with E-state index in [0.29, 0.717) is 18.7 Å². The summed E-state index contributed by atoms with van der Waals surface area (Å²) in [5.41, 5.74) is 1.03. The number of carbonyl (C=O) groups excluding carboxylic acids is 2. The summed E-state index contributed by atoms with van der Waals surface area (Å²) in [5.74, 6) is -0.284. The molecule has 0 amide bonds. The average molecular weight is 390 g/mol. The average Bonchev–Trinajstić information content (AvgIpc) is 2.98. The lowest BCUT2D eigenvalue weighted by Gasteiger charge is -2.10. The predicted molar refractivity (Wildman–Crippen MR) is 93.8 cm³/mol. The molecular formula is C17H16BrN3O3. The normalized spacial score (nSPS) is 16.1. The van der Waals surface area contributed by atoms with E-state index in [1.807, 2.05) is 43.3 Å².